The van der Waals surface area contributed by atoms with E-state index in [0.29, 0.717) is 5.39 Å². The Morgan fingerprint density at radius 2 is 1.20 bits per heavy atom. The fraction of sp³-hybridized carbons (Fsp3) is 0.300. The molecule has 5 heteroatoms. The van der Waals surface area contributed by atoms with Gasteiger partial charge in [-0.1, -0.05) is 59.7 Å². The molecule has 0 N–H and O–H groups in total. The van der Waals surface area contributed by atoms with E-state index in [0.717, 1.165) is 34.0 Å². The van der Waals surface area contributed by atoms with Crippen LogP contribution < -0.4 is 0 Å². The molecular formula is C30H27F3N2. The molecule has 1 aliphatic rings. The minimum atomic E-state index is -4.54. The lowest BCUT2D eigenvalue weighted by Gasteiger charge is -2.28. The Labute approximate surface area is 203 Å². The predicted molar refractivity (Wildman–Crippen MR) is 135 cm³/mol. The van der Waals surface area contributed by atoms with Crippen molar-refractivity contribution in [3.05, 3.63) is 77.1 Å². The van der Waals surface area contributed by atoms with E-state index in [4.69, 9.17) is 0 Å². The summed E-state index contributed by atoms with van der Waals surface area (Å²) >= 11 is 0. The minimum absolute atomic E-state index is 0.0144. The standard InChI is InChI=1S/C30H27F3N2/c1-28(2,3)24-13-14-25(29(4,5)6)35(24)18-8-10-19-20-9-7-17(16-34)26-23(30(31,32)33)12-11-21(27(20)26)22(19)15-18/h7-15H,1-6H3. The number of halogens is 3. The molecule has 0 bridgehead atoms. The van der Waals surface area contributed by atoms with Crippen molar-refractivity contribution in [2.75, 3.05) is 0 Å². The van der Waals surface area contributed by atoms with Crippen LogP contribution in [0.5, 0.6) is 0 Å². The number of nitriles is 1. The van der Waals surface area contributed by atoms with Gasteiger partial charge in [0, 0.05) is 33.3 Å². The van der Waals surface area contributed by atoms with Crippen LogP contribution in [0.4, 0.5) is 13.2 Å². The average molecular weight is 473 g/mol. The summed E-state index contributed by atoms with van der Waals surface area (Å²) in [5.41, 5.74) is 5.64. The van der Waals surface area contributed by atoms with Crippen LogP contribution in [0.15, 0.2) is 54.6 Å². The Bertz CT molecular complexity index is 1520. The van der Waals surface area contributed by atoms with Gasteiger partial charge in [-0.3, -0.25) is 0 Å². The van der Waals surface area contributed by atoms with Crippen molar-refractivity contribution in [2.24, 2.45) is 0 Å². The summed E-state index contributed by atoms with van der Waals surface area (Å²) in [5.74, 6) is 0. The first kappa shape index (κ1) is 23.2. The van der Waals surface area contributed by atoms with Gasteiger partial charge in [-0.15, -0.1) is 0 Å². The Hall–Kier alpha value is -3.52. The first-order chi connectivity index (χ1) is 16.2. The maximum absolute atomic E-state index is 13.9. The molecule has 35 heavy (non-hydrogen) atoms. The van der Waals surface area contributed by atoms with Gasteiger partial charge < -0.3 is 4.57 Å². The third kappa shape index (κ3) is 3.46. The number of rotatable bonds is 1. The first-order valence-electron chi connectivity index (χ1n) is 11.7. The average Bonchev–Trinajstić information content (AvgIpc) is 3.34. The number of benzene rings is 3. The molecule has 0 atom stereocenters. The number of nitrogens with zero attached hydrogens (tertiary/aromatic N) is 2. The van der Waals surface area contributed by atoms with E-state index < -0.39 is 11.7 Å². The molecule has 0 spiro atoms. The van der Waals surface area contributed by atoms with Crippen LogP contribution in [0.2, 0.25) is 0 Å². The topological polar surface area (TPSA) is 28.7 Å². The fourth-order valence-electron chi connectivity index (χ4n) is 5.29. The Kier molecular flexibility index (Phi) is 4.81. The van der Waals surface area contributed by atoms with Crippen molar-refractivity contribution >= 4 is 10.8 Å². The number of alkyl halides is 3. The molecule has 0 amide bonds. The summed E-state index contributed by atoms with van der Waals surface area (Å²) in [7, 11) is 0. The second kappa shape index (κ2) is 7.24. The molecule has 3 aromatic carbocycles. The van der Waals surface area contributed by atoms with Crippen LogP contribution in [0, 0.1) is 11.3 Å². The SMILES string of the molecule is CC(C)(C)c1ccc(C(C)(C)C)n1-c1ccc2c(c1)-c1ccc(C(F)(F)F)c3c(C#N)ccc-2c13. The van der Waals surface area contributed by atoms with Crippen LogP contribution in [-0.2, 0) is 17.0 Å². The smallest absolute Gasteiger partial charge is 0.317 e. The number of aromatic nitrogens is 1. The second-order valence-corrected chi connectivity index (χ2v) is 11.4. The molecule has 0 aliphatic heterocycles. The molecule has 0 unspecified atom stereocenters. The van der Waals surface area contributed by atoms with Crippen molar-refractivity contribution in [2.45, 2.75) is 58.5 Å². The number of fused-ring (bicyclic) bond motifs is 3. The lowest BCUT2D eigenvalue weighted by molar-refractivity contribution is -0.136. The molecule has 0 radical (unpaired) electrons. The zero-order valence-corrected chi connectivity index (χ0v) is 20.7. The van der Waals surface area contributed by atoms with Crippen LogP contribution >= 0.6 is 0 Å². The lowest BCUT2D eigenvalue weighted by atomic mass is 9.91. The van der Waals surface area contributed by atoms with E-state index in [2.05, 4.69) is 64.3 Å². The lowest BCUT2D eigenvalue weighted by Crippen LogP contribution is -2.22. The molecule has 0 saturated heterocycles. The van der Waals surface area contributed by atoms with E-state index in [1.165, 1.54) is 17.5 Å². The number of hydrogen-bond acceptors (Lipinski definition) is 1. The highest BCUT2D eigenvalue weighted by Gasteiger charge is 2.36. The van der Waals surface area contributed by atoms with Gasteiger partial charge in [0.1, 0.15) is 0 Å². The summed E-state index contributed by atoms with van der Waals surface area (Å²) in [6, 6.07) is 18.4. The molecule has 0 saturated carbocycles. The van der Waals surface area contributed by atoms with Crippen molar-refractivity contribution < 1.29 is 13.2 Å². The van der Waals surface area contributed by atoms with E-state index in [9.17, 15) is 18.4 Å². The van der Waals surface area contributed by atoms with Crippen LogP contribution in [0.3, 0.4) is 0 Å². The number of hydrogen-bond donors (Lipinski definition) is 0. The van der Waals surface area contributed by atoms with Crippen molar-refractivity contribution in [3.63, 3.8) is 0 Å². The summed E-state index contributed by atoms with van der Waals surface area (Å²) in [6.07, 6.45) is -4.54. The summed E-state index contributed by atoms with van der Waals surface area (Å²) in [4.78, 5) is 0. The third-order valence-corrected chi connectivity index (χ3v) is 6.85. The van der Waals surface area contributed by atoms with Gasteiger partial charge in [0.2, 0.25) is 0 Å². The van der Waals surface area contributed by atoms with Gasteiger partial charge in [-0.05, 0) is 64.0 Å². The highest BCUT2D eigenvalue weighted by molar-refractivity contribution is 6.17. The normalized spacial score (nSPS) is 13.3. The van der Waals surface area contributed by atoms with Crippen molar-refractivity contribution in [1.82, 2.24) is 4.57 Å². The van der Waals surface area contributed by atoms with Crippen LogP contribution in [-0.4, -0.2) is 4.57 Å². The predicted octanol–water partition coefficient (Wildman–Crippen LogP) is 8.76. The highest BCUT2D eigenvalue weighted by atomic mass is 19.4. The van der Waals surface area contributed by atoms with Gasteiger partial charge in [0.25, 0.3) is 0 Å². The van der Waals surface area contributed by atoms with Crippen molar-refractivity contribution in [3.8, 4) is 34.0 Å². The molecule has 0 fully saturated rings. The van der Waals surface area contributed by atoms with Crippen LogP contribution in [0.25, 0.3) is 38.7 Å². The Morgan fingerprint density at radius 3 is 1.74 bits per heavy atom. The summed E-state index contributed by atoms with van der Waals surface area (Å²) < 4.78 is 44.0. The maximum atomic E-state index is 13.9. The van der Waals surface area contributed by atoms with E-state index in [-0.39, 0.29) is 21.8 Å². The molecule has 2 nitrogen and oxygen atoms in total. The maximum Gasteiger partial charge on any atom is 0.417 e. The monoisotopic (exact) mass is 472 g/mol. The molecular weight excluding hydrogens is 445 g/mol. The molecule has 1 aliphatic carbocycles. The fourth-order valence-corrected chi connectivity index (χ4v) is 5.29. The molecule has 178 valence electrons. The van der Waals surface area contributed by atoms with Gasteiger partial charge in [-0.25, -0.2) is 0 Å². The Balaban J connectivity index is 1.82. The van der Waals surface area contributed by atoms with Gasteiger partial charge in [-0.2, -0.15) is 18.4 Å². The minimum Gasteiger partial charge on any atom is -0.317 e. The zero-order valence-electron chi connectivity index (χ0n) is 20.7. The molecule has 4 aromatic rings. The zero-order chi connectivity index (χ0) is 25.5. The molecule has 5 rings (SSSR count). The summed E-state index contributed by atoms with van der Waals surface area (Å²) in [5, 5.41) is 10.1. The quantitative estimate of drug-likeness (QED) is 0.240. The third-order valence-electron chi connectivity index (χ3n) is 6.85. The van der Waals surface area contributed by atoms with E-state index in [1.807, 2.05) is 18.2 Å². The Morgan fingerprint density at radius 1 is 0.657 bits per heavy atom. The largest absolute Gasteiger partial charge is 0.417 e. The van der Waals surface area contributed by atoms with E-state index in [1.54, 1.807) is 12.1 Å². The van der Waals surface area contributed by atoms with Gasteiger partial charge >= 0.3 is 6.18 Å². The highest BCUT2D eigenvalue weighted by Crippen LogP contribution is 2.51. The van der Waals surface area contributed by atoms with Crippen LogP contribution in [0.1, 0.15) is 64.1 Å². The van der Waals surface area contributed by atoms with E-state index >= 15 is 0 Å². The summed E-state index contributed by atoms with van der Waals surface area (Å²) in [6.45, 7) is 13.1. The van der Waals surface area contributed by atoms with Crippen molar-refractivity contribution in [1.29, 1.82) is 5.26 Å². The second-order valence-electron chi connectivity index (χ2n) is 11.4. The van der Waals surface area contributed by atoms with Gasteiger partial charge in [0.05, 0.1) is 17.2 Å². The van der Waals surface area contributed by atoms with Gasteiger partial charge in [0.15, 0.2) is 0 Å². The molecule has 1 aromatic heterocycles. The molecule has 1 heterocycles. The first-order valence-corrected chi connectivity index (χ1v) is 11.7.